The number of aryl methyl sites for hydroxylation is 1. The molecule has 0 aliphatic heterocycles. The van der Waals surface area contributed by atoms with E-state index in [0.29, 0.717) is 23.6 Å². The van der Waals surface area contributed by atoms with E-state index in [2.05, 4.69) is 15.3 Å². The lowest BCUT2D eigenvalue weighted by Crippen LogP contribution is -2.25. The second-order valence-electron chi connectivity index (χ2n) is 6.45. The summed E-state index contributed by atoms with van der Waals surface area (Å²) in [5.74, 6) is -0.549. The highest BCUT2D eigenvalue weighted by Gasteiger charge is 2.31. The number of fused-ring (bicyclic) bond motifs is 1. The molecule has 1 aliphatic carbocycles. The first-order chi connectivity index (χ1) is 13.1. The van der Waals surface area contributed by atoms with Crippen LogP contribution in [0.1, 0.15) is 36.6 Å². The zero-order valence-electron chi connectivity index (χ0n) is 14.8. The number of benzene rings is 1. The van der Waals surface area contributed by atoms with Gasteiger partial charge in [-0.2, -0.15) is 13.2 Å². The van der Waals surface area contributed by atoms with Gasteiger partial charge in [0.25, 0.3) is 5.56 Å². The van der Waals surface area contributed by atoms with E-state index in [1.54, 1.807) is 6.92 Å². The number of hydrogen-bond donors (Lipinski definition) is 2. The first-order valence-corrected chi connectivity index (χ1v) is 9.87. The average molecular weight is 432 g/mol. The highest BCUT2D eigenvalue weighted by atomic mass is 35.5. The summed E-state index contributed by atoms with van der Waals surface area (Å²) in [5, 5.41) is 2.00. The number of carbonyl (C=O) groups is 1. The molecule has 0 saturated heterocycles. The molecule has 1 aromatic heterocycles. The number of thioether (sulfide) groups is 1. The Morgan fingerprint density at radius 1 is 1.32 bits per heavy atom. The number of aromatic nitrogens is 2. The molecule has 1 amide bonds. The number of halogens is 4. The second kappa shape index (κ2) is 8.16. The van der Waals surface area contributed by atoms with Crippen LogP contribution in [-0.4, -0.2) is 21.1 Å². The Hall–Kier alpha value is -2.00. The van der Waals surface area contributed by atoms with Crippen LogP contribution in [0.3, 0.4) is 0 Å². The Labute approximate surface area is 168 Å². The zero-order chi connectivity index (χ0) is 20.5. The third-order valence-corrected chi connectivity index (χ3v) is 5.69. The fourth-order valence-corrected chi connectivity index (χ4v) is 3.87. The van der Waals surface area contributed by atoms with Crippen LogP contribution in [0, 0.1) is 0 Å². The molecule has 2 N–H and O–H groups in total. The standard InChI is InChI=1S/C18H17ClF3N3O2S/c1-9(28-17-24-13-5-3-2-4-11(13)16(27)25-17)15(26)23-14-8-10(18(20,21)22)6-7-12(14)19/h6-9H,2-5H2,1H3,(H,23,26)(H,24,25,27)/t9-/m1/s1. The van der Waals surface area contributed by atoms with Gasteiger partial charge in [0.1, 0.15) is 0 Å². The summed E-state index contributed by atoms with van der Waals surface area (Å²) in [6, 6.07) is 2.72. The van der Waals surface area contributed by atoms with Crippen molar-refractivity contribution in [1.29, 1.82) is 0 Å². The highest BCUT2D eigenvalue weighted by molar-refractivity contribution is 8.00. The molecule has 2 aromatic rings. The van der Waals surface area contributed by atoms with Crippen LogP contribution in [-0.2, 0) is 23.8 Å². The van der Waals surface area contributed by atoms with Crippen molar-refractivity contribution >= 4 is 35.0 Å². The zero-order valence-corrected chi connectivity index (χ0v) is 16.4. The molecular weight excluding hydrogens is 415 g/mol. The van der Waals surface area contributed by atoms with Crippen LogP contribution in [0.2, 0.25) is 5.02 Å². The molecule has 1 aromatic carbocycles. The van der Waals surface area contributed by atoms with E-state index in [1.807, 2.05) is 0 Å². The van der Waals surface area contributed by atoms with Gasteiger partial charge in [-0.05, 0) is 50.8 Å². The van der Waals surface area contributed by atoms with Crippen molar-refractivity contribution in [2.75, 3.05) is 5.32 Å². The number of carbonyl (C=O) groups excluding carboxylic acids is 1. The Morgan fingerprint density at radius 3 is 2.75 bits per heavy atom. The fraction of sp³-hybridized carbons (Fsp3) is 0.389. The van der Waals surface area contributed by atoms with Crippen LogP contribution in [0.25, 0.3) is 0 Å². The van der Waals surface area contributed by atoms with Gasteiger partial charge < -0.3 is 10.3 Å². The molecule has 3 rings (SSSR count). The van der Waals surface area contributed by atoms with Crippen LogP contribution >= 0.6 is 23.4 Å². The number of aromatic amines is 1. The number of anilines is 1. The van der Waals surface area contributed by atoms with Crippen molar-refractivity contribution in [3.8, 4) is 0 Å². The summed E-state index contributed by atoms with van der Waals surface area (Å²) in [7, 11) is 0. The minimum atomic E-state index is -4.54. The molecule has 1 atom stereocenters. The number of nitrogens with one attached hydrogen (secondary N) is 2. The molecule has 1 aliphatic rings. The van der Waals surface area contributed by atoms with Gasteiger partial charge in [-0.1, -0.05) is 23.4 Å². The number of alkyl halides is 3. The molecule has 150 valence electrons. The van der Waals surface area contributed by atoms with Crippen molar-refractivity contribution in [2.24, 2.45) is 0 Å². The molecule has 10 heteroatoms. The van der Waals surface area contributed by atoms with Gasteiger partial charge in [0.2, 0.25) is 5.91 Å². The Morgan fingerprint density at radius 2 is 2.04 bits per heavy atom. The predicted molar refractivity (Wildman–Crippen MR) is 102 cm³/mol. The Bertz CT molecular complexity index is 962. The SMILES string of the molecule is C[C@@H](Sc1nc2c(c(=O)[nH]1)CCCC2)C(=O)Nc1cc(C(F)(F)F)ccc1Cl. The van der Waals surface area contributed by atoms with Crippen molar-refractivity contribution in [3.05, 3.63) is 50.4 Å². The van der Waals surface area contributed by atoms with E-state index in [4.69, 9.17) is 11.6 Å². The van der Waals surface area contributed by atoms with Gasteiger partial charge >= 0.3 is 6.18 Å². The quantitative estimate of drug-likeness (QED) is 0.554. The summed E-state index contributed by atoms with van der Waals surface area (Å²) >= 11 is 6.94. The van der Waals surface area contributed by atoms with Crippen LogP contribution in [0.15, 0.2) is 28.2 Å². The fourth-order valence-electron chi connectivity index (χ4n) is 2.89. The highest BCUT2D eigenvalue weighted by Crippen LogP contribution is 2.34. The molecule has 0 bridgehead atoms. The number of H-pyrrole nitrogens is 1. The van der Waals surface area contributed by atoms with Crippen molar-refractivity contribution in [1.82, 2.24) is 9.97 Å². The number of nitrogens with zero attached hydrogens (tertiary/aromatic N) is 1. The van der Waals surface area contributed by atoms with Crippen LogP contribution in [0.5, 0.6) is 0 Å². The maximum absolute atomic E-state index is 12.9. The van der Waals surface area contributed by atoms with Crippen molar-refractivity contribution in [2.45, 2.75) is 49.2 Å². The molecule has 0 saturated carbocycles. The molecule has 0 radical (unpaired) electrons. The van der Waals surface area contributed by atoms with E-state index in [1.165, 1.54) is 0 Å². The molecular formula is C18H17ClF3N3O2S. The normalized spacial score (nSPS) is 15.0. The van der Waals surface area contributed by atoms with Crippen LogP contribution in [0.4, 0.5) is 18.9 Å². The first-order valence-electron chi connectivity index (χ1n) is 8.61. The smallest absolute Gasteiger partial charge is 0.324 e. The van der Waals surface area contributed by atoms with E-state index in [0.717, 1.165) is 48.5 Å². The maximum atomic E-state index is 12.9. The summed E-state index contributed by atoms with van der Waals surface area (Å²) in [6.45, 7) is 1.57. The van der Waals surface area contributed by atoms with E-state index < -0.39 is 22.9 Å². The van der Waals surface area contributed by atoms with Gasteiger partial charge in [-0.3, -0.25) is 9.59 Å². The van der Waals surface area contributed by atoms with Crippen molar-refractivity contribution in [3.63, 3.8) is 0 Å². The molecule has 5 nitrogen and oxygen atoms in total. The molecule has 0 unspecified atom stereocenters. The first kappa shape index (κ1) is 20.7. The number of rotatable bonds is 4. The van der Waals surface area contributed by atoms with Gasteiger partial charge in [-0.25, -0.2) is 4.98 Å². The summed E-state index contributed by atoms with van der Waals surface area (Å²) < 4.78 is 38.6. The van der Waals surface area contributed by atoms with Gasteiger partial charge in [0.15, 0.2) is 5.16 Å². The summed E-state index contributed by atoms with van der Waals surface area (Å²) in [6.07, 6.45) is -1.24. The predicted octanol–water partition coefficient (Wildman–Crippen LogP) is 4.44. The Balaban J connectivity index is 1.74. The summed E-state index contributed by atoms with van der Waals surface area (Å²) in [4.78, 5) is 31.7. The van der Waals surface area contributed by atoms with Crippen molar-refractivity contribution < 1.29 is 18.0 Å². The average Bonchev–Trinajstić information content (AvgIpc) is 2.62. The minimum Gasteiger partial charge on any atom is -0.324 e. The van der Waals surface area contributed by atoms with E-state index in [-0.39, 0.29) is 16.3 Å². The maximum Gasteiger partial charge on any atom is 0.416 e. The van der Waals surface area contributed by atoms with Gasteiger partial charge in [-0.15, -0.1) is 0 Å². The second-order valence-corrected chi connectivity index (χ2v) is 8.18. The lowest BCUT2D eigenvalue weighted by atomic mass is 9.97. The van der Waals surface area contributed by atoms with Gasteiger partial charge in [0.05, 0.1) is 27.2 Å². The molecule has 1 heterocycles. The summed E-state index contributed by atoms with van der Waals surface area (Å²) in [5.41, 5.74) is 0.184. The number of amides is 1. The van der Waals surface area contributed by atoms with Gasteiger partial charge in [0, 0.05) is 5.56 Å². The Kier molecular flexibility index (Phi) is 6.04. The third-order valence-electron chi connectivity index (χ3n) is 4.38. The lowest BCUT2D eigenvalue weighted by molar-refractivity contribution is -0.137. The monoisotopic (exact) mass is 431 g/mol. The minimum absolute atomic E-state index is 0.00105. The third kappa shape index (κ3) is 4.70. The van der Waals surface area contributed by atoms with Crippen LogP contribution < -0.4 is 10.9 Å². The molecule has 28 heavy (non-hydrogen) atoms. The topological polar surface area (TPSA) is 74.8 Å². The number of hydrogen-bond acceptors (Lipinski definition) is 4. The molecule has 0 spiro atoms. The van der Waals surface area contributed by atoms with E-state index >= 15 is 0 Å². The largest absolute Gasteiger partial charge is 0.416 e. The molecule has 0 fully saturated rings. The van der Waals surface area contributed by atoms with E-state index in [9.17, 15) is 22.8 Å². The lowest BCUT2D eigenvalue weighted by Gasteiger charge is -2.16.